The van der Waals surface area contributed by atoms with E-state index in [9.17, 15) is 4.79 Å². The number of fused-ring (bicyclic) bond motifs is 1. The standard InChI is InChI=1S/C22H25N3O2S/c1-24(13-16-7-10-28-15-16)22(26)14-25-8-5-17(6-9-25)20-12-23-21-4-3-18(27-2)11-19(20)21/h3-5,7,10-12,15,23H,6,8-9,13-14H2,1-2H3. The summed E-state index contributed by atoms with van der Waals surface area (Å²) in [5, 5.41) is 5.33. The monoisotopic (exact) mass is 395 g/mol. The van der Waals surface area contributed by atoms with E-state index >= 15 is 0 Å². The maximum Gasteiger partial charge on any atom is 0.236 e. The van der Waals surface area contributed by atoms with E-state index in [1.807, 2.05) is 23.4 Å². The van der Waals surface area contributed by atoms with Crippen molar-refractivity contribution in [3.05, 3.63) is 58.4 Å². The third kappa shape index (κ3) is 3.98. The molecule has 1 aliphatic rings. The Morgan fingerprint density at radius 2 is 2.25 bits per heavy atom. The maximum atomic E-state index is 12.5. The van der Waals surface area contributed by atoms with Crippen LogP contribution in [0.2, 0.25) is 0 Å². The van der Waals surface area contributed by atoms with Crippen molar-refractivity contribution in [1.29, 1.82) is 0 Å². The van der Waals surface area contributed by atoms with Gasteiger partial charge in [-0.3, -0.25) is 9.69 Å². The third-order valence-corrected chi connectivity index (χ3v) is 6.04. The molecule has 1 aliphatic heterocycles. The van der Waals surface area contributed by atoms with Crippen LogP contribution in [0.3, 0.4) is 0 Å². The molecule has 0 saturated heterocycles. The number of nitrogens with one attached hydrogen (secondary N) is 1. The summed E-state index contributed by atoms with van der Waals surface area (Å²) in [4.78, 5) is 19.9. The molecule has 3 aromatic rings. The summed E-state index contributed by atoms with van der Waals surface area (Å²) in [6, 6.07) is 8.17. The smallest absolute Gasteiger partial charge is 0.236 e. The Morgan fingerprint density at radius 3 is 2.96 bits per heavy atom. The number of nitrogens with zero attached hydrogens (tertiary/aromatic N) is 2. The molecular formula is C22H25N3O2S. The van der Waals surface area contributed by atoms with E-state index in [0.29, 0.717) is 13.1 Å². The van der Waals surface area contributed by atoms with E-state index in [1.165, 1.54) is 22.1 Å². The highest BCUT2D eigenvalue weighted by Gasteiger charge is 2.19. The number of ether oxygens (including phenoxy) is 1. The van der Waals surface area contributed by atoms with Gasteiger partial charge in [0.15, 0.2) is 0 Å². The molecule has 0 aliphatic carbocycles. The fraction of sp³-hybridized carbons (Fsp3) is 0.318. The van der Waals surface area contributed by atoms with Gasteiger partial charge in [0.2, 0.25) is 5.91 Å². The topological polar surface area (TPSA) is 48.6 Å². The molecule has 3 heterocycles. The number of aromatic nitrogens is 1. The Labute approximate surface area is 169 Å². The lowest BCUT2D eigenvalue weighted by molar-refractivity contribution is -0.131. The average Bonchev–Trinajstić information content (AvgIpc) is 3.37. The van der Waals surface area contributed by atoms with Gasteiger partial charge in [-0.2, -0.15) is 11.3 Å². The number of thiophene rings is 1. The van der Waals surface area contributed by atoms with E-state index in [-0.39, 0.29) is 5.91 Å². The number of hydrogen-bond donors (Lipinski definition) is 1. The SMILES string of the molecule is COc1ccc2[nH]cc(C3=CCN(CC(=O)N(C)Cc4ccsc4)CC3)c2c1. The number of carbonyl (C=O) groups excluding carboxylic acids is 1. The Balaban J connectivity index is 1.40. The molecule has 0 unspecified atom stereocenters. The number of likely N-dealkylation sites (N-methyl/N-ethyl adjacent to an activating group) is 1. The first kappa shape index (κ1) is 18.8. The van der Waals surface area contributed by atoms with Gasteiger partial charge < -0.3 is 14.6 Å². The van der Waals surface area contributed by atoms with Gasteiger partial charge in [0, 0.05) is 49.3 Å². The molecule has 1 aromatic carbocycles. The van der Waals surface area contributed by atoms with Gasteiger partial charge in [-0.05, 0) is 52.6 Å². The largest absolute Gasteiger partial charge is 0.497 e. The van der Waals surface area contributed by atoms with Gasteiger partial charge >= 0.3 is 0 Å². The van der Waals surface area contributed by atoms with Crippen LogP contribution in [-0.4, -0.2) is 54.5 Å². The quantitative estimate of drug-likeness (QED) is 0.687. The van der Waals surface area contributed by atoms with E-state index in [2.05, 4.69) is 45.7 Å². The second-order valence-electron chi connectivity index (χ2n) is 7.21. The number of hydrogen-bond acceptors (Lipinski definition) is 4. The van der Waals surface area contributed by atoms with Crippen LogP contribution in [0.5, 0.6) is 5.75 Å². The van der Waals surface area contributed by atoms with Crippen LogP contribution in [0.4, 0.5) is 0 Å². The van der Waals surface area contributed by atoms with Crippen molar-refractivity contribution in [2.75, 3.05) is 33.8 Å². The van der Waals surface area contributed by atoms with Gasteiger partial charge in [-0.15, -0.1) is 0 Å². The lowest BCUT2D eigenvalue weighted by atomic mass is 9.99. The molecule has 0 fully saturated rings. The first-order chi connectivity index (χ1) is 13.6. The lowest BCUT2D eigenvalue weighted by Crippen LogP contribution is -2.39. The summed E-state index contributed by atoms with van der Waals surface area (Å²) in [7, 11) is 3.57. The molecule has 0 saturated carbocycles. The maximum absolute atomic E-state index is 12.5. The molecular weight excluding hydrogens is 370 g/mol. The van der Waals surface area contributed by atoms with Crippen LogP contribution in [0.25, 0.3) is 16.5 Å². The molecule has 4 rings (SSSR count). The average molecular weight is 396 g/mol. The Bertz CT molecular complexity index is 991. The lowest BCUT2D eigenvalue weighted by Gasteiger charge is -2.27. The normalized spacial score (nSPS) is 14.9. The zero-order valence-corrected chi connectivity index (χ0v) is 17.1. The van der Waals surface area contributed by atoms with Crippen LogP contribution >= 0.6 is 11.3 Å². The molecule has 146 valence electrons. The second-order valence-corrected chi connectivity index (χ2v) is 7.99. The highest BCUT2D eigenvalue weighted by Crippen LogP contribution is 2.31. The summed E-state index contributed by atoms with van der Waals surface area (Å²) < 4.78 is 5.37. The summed E-state index contributed by atoms with van der Waals surface area (Å²) >= 11 is 1.66. The minimum absolute atomic E-state index is 0.167. The zero-order valence-electron chi connectivity index (χ0n) is 16.3. The number of carbonyl (C=O) groups is 1. The number of methoxy groups -OCH3 is 1. The van der Waals surface area contributed by atoms with Crippen molar-refractivity contribution in [1.82, 2.24) is 14.8 Å². The van der Waals surface area contributed by atoms with Crippen LogP contribution in [0.15, 0.2) is 47.3 Å². The van der Waals surface area contributed by atoms with Crippen molar-refractivity contribution in [2.45, 2.75) is 13.0 Å². The highest BCUT2D eigenvalue weighted by atomic mass is 32.1. The Hall–Kier alpha value is -2.57. The van der Waals surface area contributed by atoms with Crippen LogP contribution < -0.4 is 4.74 Å². The molecule has 0 bridgehead atoms. The van der Waals surface area contributed by atoms with Crippen LogP contribution in [0, 0.1) is 0 Å². The molecule has 5 nitrogen and oxygen atoms in total. The number of amides is 1. The zero-order chi connectivity index (χ0) is 19.5. The summed E-state index contributed by atoms with van der Waals surface area (Å²) in [5.74, 6) is 1.03. The van der Waals surface area contributed by atoms with Gasteiger partial charge in [0.25, 0.3) is 0 Å². The third-order valence-electron chi connectivity index (χ3n) is 5.31. The van der Waals surface area contributed by atoms with Gasteiger partial charge in [0.1, 0.15) is 5.75 Å². The Kier molecular flexibility index (Phi) is 5.50. The number of aromatic amines is 1. The van der Waals surface area contributed by atoms with E-state index in [1.54, 1.807) is 18.4 Å². The summed E-state index contributed by atoms with van der Waals surface area (Å²) in [6.07, 6.45) is 5.26. The van der Waals surface area contributed by atoms with Gasteiger partial charge in [0.05, 0.1) is 13.7 Å². The number of H-pyrrole nitrogens is 1. The highest BCUT2D eigenvalue weighted by molar-refractivity contribution is 7.07. The van der Waals surface area contributed by atoms with E-state index in [0.717, 1.165) is 30.8 Å². The van der Waals surface area contributed by atoms with E-state index < -0.39 is 0 Å². The van der Waals surface area contributed by atoms with Crippen LogP contribution in [-0.2, 0) is 11.3 Å². The molecule has 1 amide bonds. The van der Waals surface area contributed by atoms with Gasteiger partial charge in [-0.25, -0.2) is 0 Å². The predicted molar refractivity (Wildman–Crippen MR) is 115 cm³/mol. The molecule has 1 N–H and O–H groups in total. The summed E-state index contributed by atoms with van der Waals surface area (Å²) in [5.41, 5.74) is 4.87. The first-order valence-electron chi connectivity index (χ1n) is 9.46. The molecule has 0 radical (unpaired) electrons. The van der Waals surface area contributed by atoms with Crippen molar-refractivity contribution in [3.8, 4) is 5.75 Å². The fourth-order valence-corrected chi connectivity index (χ4v) is 4.31. The minimum atomic E-state index is 0.167. The number of rotatable bonds is 6. The van der Waals surface area contributed by atoms with Crippen molar-refractivity contribution in [3.63, 3.8) is 0 Å². The minimum Gasteiger partial charge on any atom is -0.497 e. The fourth-order valence-electron chi connectivity index (χ4n) is 3.65. The van der Waals surface area contributed by atoms with Crippen LogP contribution in [0.1, 0.15) is 17.5 Å². The molecule has 0 spiro atoms. The van der Waals surface area contributed by atoms with Crippen molar-refractivity contribution < 1.29 is 9.53 Å². The van der Waals surface area contributed by atoms with E-state index in [4.69, 9.17) is 4.74 Å². The Morgan fingerprint density at radius 1 is 1.36 bits per heavy atom. The van der Waals surface area contributed by atoms with Crippen molar-refractivity contribution >= 4 is 33.7 Å². The first-order valence-corrected chi connectivity index (χ1v) is 10.4. The predicted octanol–water partition coefficient (Wildman–Crippen LogP) is 3.99. The summed E-state index contributed by atoms with van der Waals surface area (Å²) in [6.45, 7) is 2.82. The van der Waals surface area contributed by atoms with Gasteiger partial charge in [-0.1, -0.05) is 6.08 Å². The molecule has 6 heteroatoms. The molecule has 0 atom stereocenters. The molecule has 2 aromatic heterocycles. The number of benzene rings is 1. The second kappa shape index (κ2) is 8.20. The molecule has 28 heavy (non-hydrogen) atoms. The van der Waals surface area contributed by atoms with Crippen molar-refractivity contribution in [2.24, 2.45) is 0 Å².